The van der Waals surface area contributed by atoms with Crippen LogP contribution in [0.1, 0.15) is 39.2 Å². The molecule has 2 atom stereocenters. The fraction of sp³-hybridized carbons (Fsp3) is 0.429. The monoisotopic (exact) mass is 379 g/mol. The van der Waals surface area contributed by atoms with Crippen molar-refractivity contribution in [3.8, 4) is 0 Å². The number of esters is 1. The van der Waals surface area contributed by atoms with Crippen LogP contribution in [0.3, 0.4) is 0 Å². The molecular weight excluding hydrogens is 352 g/mol. The number of carbonyl (C=O) groups excluding carboxylic acids is 2. The Labute approximate surface area is 159 Å². The SMILES string of the molecule is C/C=C\COC(=O)C(Cc1cc(F)cc(F)c1)NC(=O)/C=C/C(C)CCC. The molecule has 1 aromatic rings. The molecule has 6 heteroatoms. The van der Waals surface area contributed by atoms with E-state index in [-0.39, 0.29) is 24.5 Å². The Morgan fingerprint density at radius 2 is 1.89 bits per heavy atom. The number of amides is 1. The molecule has 148 valence electrons. The van der Waals surface area contributed by atoms with E-state index in [1.807, 2.05) is 6.92 Å². The van der Waals surface area contributed by atoms with Gasteiger partial charge in [-0.05, 0) is 43.0 Å². The second-order valence-electron chi connectivity index (χ2n) is 6.37. The lowest BCUT2D eigenvalue weighted by molar-refractivity contribution is -0.146. The summed E-state index contributed by atoms with van der Waals surface area (Å²) in [4.78, 5) is 24.4. The molecule has 0 aliphatic rings. The lowest BCUT2D eigenvalue weighted by Gasteiger charge is -2.17. The molecule has 1 rings (SSSR count). The van der Waals surface area contributed by atoms with Gasteiger partial charge in [0.05, 0.1) is 0 Å². The first-order valence-electron chi connectivity index (χ1n) is 9.07. The van der Waals surface area contributed by atoms with Gasteiger partial charge in [-0.1, -0.05) is 38.5 Å². The van der Waals surface area contributed by atoms with Crippen LogP contribution in [-0.2, 0) is 20.7 Å². The van der Waals surface area contributed by atoms with Gasteiger partial charge in [0, 0.05) is 12.5 Å². The lowest BCUT2D eigenvalue weighted by Crippen LogP contribution is -2.42. The van der Waals surface area contributed by atoms with Gasteiger partial charge >= 0.3 is 5.97 Å². The number of allylic oxidation sites excluding steroid dienone is 2. The minimum Gasteiger partial charge on any atom is -0.460 e. The number of hydrogen-bond donors (Lipinski definition) is 1. The predicted octanol–water partition coefficient (Wildman–Crippen LogP) is 4.10. The molecule has 0 spiro atoms. The fourth-order valence-corrected chi connectivity index (χ4v) is 2.51. The molecule has 0 aliphatic heterocycles. The third kappa shape index (κ3) is 9.13. The highest BCUT2D eigenvalue weighted by Gasteiger charge is 2.22. The first-order chi connectivity index (χ1) is 12.8. The van der Waals surface area contributed by atoms with Gasteiger partial charge in [-0.3, -0.25) is 4.79 Å². The highest BCUT2D eigenvalue weighted by Crippen LogP contribution is 2.11. The summed E-state index contributed by atoms with van der Waals surface area (Å²) in [6, 6.07) is 1.95. The Hall–Kier alpha value is -2.50. The predicted molar refractivity (Wildman–Crippen MR) is 101 cm³/mol. The van der Waals surface area contributed by atoms with E-state index in [1.165, 1.54) is 6.08 Å². The van der Waals surface area contributed by atoms with Crippen molar-refractivity contribution in [2.45, 2.75) is 46.1 Å². The van der Waals surface area contributed by atoms with Crippen molar-refractivity contribution in [1.82, 2.24) is 5.32 Å². The van der Waals surface area contributed by atoms with Gasteiger partial charge in [-0.15, -0.1) is 0 Å². The molecule has 1 amide bonds. The summed E-state index contributed by atoms with van der Waals surface area (Å²) in [5, 5.41) is 2.56. The van der Waals surface area contributed by atoms with Crippen molar-refractivity contribution in [1.29, 1.82) is 0 Å². The van der Waals surface area contributed by atoms with E-state index in [1.54, 1.807) is 25.2 Å². The van der Waals surface area contributed by atoms with Crippen LogP contribution in [0.4, 0.5) is 8.78 Å². The Bertz CT molecular complexity index is 666. The Morgan fingerprint density at radius 3 is 2.48 bits per heavy atom. The van der Waals surface area contributed by atoms with Crippen molar-refractivity contribution < 1.29 is 23.1 Å². The van der Waals surface area contributed by atoms with Gasteiger partial charge in [-0.25, -0.2) is 13.6 Å². The molecule has 1 N–H and O–H groups in total. The normalized spacial score (nSPS) is 13.7. The minimum absolute atomic E-state index is 0.0581. The molecule has 0 fully saturated rings. The molecule has 0 aliphatic carbocycles. The number of halogens is 2. The number of benzene rings is 1. The van der Waals surface area contributed by atoms with Crippen molar-refractivity contribution in [3.05, 3.63) is 59.7 Å². The Balaban J connectivity index is 2.86. The van der Waals surface area contributed by atoms with E-state index < -0.39 is 29.6 Å². The van der Waals surface area contributed by atoms with Crippen molar-refractivity contribution in [3.63, 3.8) is 0 Å². The summed E-state index contributed by atoms with van der Waals surface area (Å²) in [7, 11) is 0. The van der Waals surface area contributed by atoms with Crippen LogP contribution in [0.2, 0.25) is 0 Å². The van der Waals surface area contributed by atoms with Crippen molar-refractivity contribution in [2.75, 3.05) is 6.61 Å². The number of rotatable bonds is 10. The maximum absolute atomic E-state index is 13.4. The molecule has 1 aromatic carbocycles. The highest BCUT2D eigenvalue weighted by molar-refractivity contribution is 5.91. The van der Waals surface area contributed by atoms with Crippen LogP contribution in [0.25, 0.3) is 0 Å². The van der Waals surface area contributed by atoms with E-state index in [4.69, 9.17) is 4.74 Å². The summed E-state index contributed by atoms with van der Waals surface area (Å²) in [6.45, 7) is 5.89. The van der Waals surface area contributed by atoms with E-state index in [2.05, 4.69) is 12.2 Å². The van der Waals surface area contributed by atoms with Crippen LogP contribution in [0.5, 0.6) is 0 Å². The molecule has 0 bridgehead atoms. The van der Waals surface area contributed by atoms with E-state index in [9.17, 15) is 18.4 Å². The summed E-state index contributed by atoms with van der Waals surface area (Å²) >= 11 is 0. The van der Waals surface area contributed by atoms with Crippen LogP contribution in [0, 0.1) is 17.6 Å². The van der Waals surface area contributed by atoms with E-state index >= 15 is 0 Å². The molecule has 0 radical (unpaired) electrons. The molecule has 0 aromatic heterocycles. The quantitative estimate of drug-likeness (QED) is 0.378. The van der Waals surface area contributed by atoms with Gasteiger partial charge in [-0.2, -0.15) is 0 Å². The Kier molecular flexibility index (Phi) is 10.0. The van der Waals surface area contributed by atoms with Gasteiger partial charge in [0.1, 0.15) is 24.3 Å². The second-order valence-corrected chi connectivity index (χ2v) is 6.37. The lowest BCUT2D eigenvalue weighted by atomic mass is 10.0. The molecule has 0 saturated heterocycles. The highest BCUT2D eigenvalue weighted by atomic mass is 19.1. The van der Waals surface area contributed by atoms with Crippen LogP contribution < -0.4 is 5.32 Å². The first-order valence-corrected chi connectivity index (χ1v) is 9.07. The summed E-state index contributed by atoms with van der Waals surface area (Å²) in [5.41, 5.74) is 0.254. The van der Waals surface area contributed by atoms with Crippen LogP contribution in [-0.4, -0.2) is 24.5 Å². The van der Waals surface area contributed by atoms with Gasteiger partial charge < -0.3 is 10.1 Å². The summed E-state index contributed by atoms with van der Waals surface area (Å²) in [6.07, 6.45) is 8.38. The van der Waals surface area contributed by atoms with Crippen LogP contribution >= 0.6 is 0 Å². The third-order valence-corrected chi connectivity index (χ3v) is 3.84. The average Bonchev–Trinajstić information content (AvgIpc) is 2.59. The summed E-state index contributed by atoms with van der Waals surface area (Å²) < 4.78 is 31.9. The first kappa shape index (κ1) is 22.5. The smallest absolute Gasteiger partial charge is 0.329 e. The molecule has 0 saturated carbocycles. The van der Waals surface area contributed by atoms with E-state index in [0.717, 1.165) is 31.0 Å². The zero-order chi connectivity index (χ0) is 20.2. The molecule has 4 nitrogen and oxygen atoms in total. The maximum Gasteiger partial charge on any atom is 0.329 e. The molecular formula is C21H27F2NO3. The fourth-order valence-electron chi connectivity index (χ4n) is 2.51. The maximum atomic E-state index is 13.4. The standard InChI is InChI=1S/C21H27F2NO3/c1-4-6-10-27-21(26)19(13-16-11-17(22)14-18(23)12-16)24-20(25)9-8-15(3)7-5-2/h4,6,8-9,11-12,14-15,19H,5,7,10,13H2,1-3H3,(H,24,25)/b6-4-,9-8+. The number of hydrogen-bond acceptors (Lipinski definition) is 3. The minimum atomic E-state index is -1.05. The second kappa shape index (κ2) is 12.0. The van der Waals surface area contributed by atoms with Gasteiger partial charge in [0.25, 0.3) is 0 Å². The van der Waals surface area contributed by atoms with Gasteiger partial charge in [0.2, 0.25) is 5.91 Å². The number of carbonyl (C=O) groups is 2. The average molecular weight is 379 g/mol. The van der Waals surface area contributed by atoms with Crippen molar-refractivity contribution >= 4 is 11.9 Å². The molecule has 0 heterocycles. The van der Waals surface area contributed by atoms with E-state index in [0.29, 0.717) is 0 Å². The zero-order valence-corrected chi connectivity index (χ0v) is 16.0. The number of ether oxygens (including phenoxy) is 1. The molecule has 27 heavy (non-hydrogen) atoms. The zero-order valence-electron chi connectivity index (χ0n) is 16.0. The number of nitrogens with one attached hydrogen (secondary N) is 1. The summed E-state index contributed by atoms with van der Waals surface area (Å²) in [5.74, 6) is -2.38. The van der Waals surface area contributed by atoms with Crippen LogP contribution in [0.15, 0.2) is 42.5 Å². The third-order valence-electron chi connectivity index (χ3n) is 3.84. The van der Waals surface area contributed by atoms with Gasteiger partial charge in [0.15, 0.2) is 0 Å². The molecule has 2 unspecified atom stereocenters. The topological polar surface area (TPSA) is 55.4 Å². The van der Waals surface area contributed by atoms with Crippen molar-refractivity contribution in [2.24, 2.45) is 5.92 Å². The largest absolute Gasteiger partial charge is 0.460 e. The Morgan fingerprint density at radius 1 is 1.22 bits per heavy atom.